The first-order valence-corrected chi connectivity index (χ1v) is 5.82. The van der Waals surface area contributed by atoms with Gasteiger partial charge in [-0.05, 0) is 24.6 Å². The standard InChI is InChI=1S/C13H15FN2O4.Na/c1-16(2)13(20)9-7-8(3-4-10(9)14)15-11(17)5-6-12(18)19;/h3-4,7H,5-6H2,1-2H3,(H,15,17)(H,18,19);/q;+1/p-1. The van der Waals surface area contributed by atoms with E-state index in [0.29, 0.717) is 0 Å². The van der Waals surface area contributed by atoms with Gasteiger partial charge in [-0.3, -0.25) is 9.59 Å². The number of aliphatic carboxylic acids is 1. The number of carboxylic acid groups (broad SMARTS) is 1. The number of carbonyl (C=O) groups is 3. The largest absolute Gasteiger partial charge is 1.00 e. The number of nitrogens with zero attached hydrogens (tertiary/aromatic N) is 1. The van der Waals surface area contributed by atoms with E-state index in [4.69, 9.17) is 0 Å². The number of nitrogens with one attached hydrogen (secondary N) is 1. The van der Waals surface area contributed by atoms with Crippen molar-refractivity contribution in [3.05, 3.63) is 29.6 Å². The van der Waals surface area contributed by atoms with E-state index < -0.39 is 30.0 Å². The number of rotatable bonds is 5. The Balaban J connectivity index is 0.00000400. The number of amides is 2. The number of halogens is 1. The maximum Gasteiger partial charge on any atom is 1.00 e. The number of hydrogen-bond acceptors (Lipinski definition) is 4. The van der Waals surface area contributed by atoms with E-state index in [1.54, 1.807) is 0 Å². The van der Waals surface area contributed by atoms with E-state index in [0.717, 1.165) is 6.07 Å². The number of benzene rings is 1. The predicted molar refractivity (Wildman–Crippen MR) is 67.3 cm³/mol. The summed E-state index contributed by atoms with van der Waals surface area (Å²) in [5, 5.41) is 12.6. The third-order valence-corrected chi connectivity index (χ3v) is 2.44. The molecule has 0 spiro atoms. The Labute approximate surface area is 143 Å². The fourth-order valence-corrected chi connectivity index (χ4v) is 1.45. The molecule has 0 aliphatic rings. The van der Waals surface area contributed by atoms with E-state index in [1.165, 1.54) is 31.1 Å². The summed E-state index contributed by atoms with van der Waals surface area (Å²) in [6, 6.07) is 3.55. The first-order chi connectivity index (χ1) is 9.31. The molecule has 0 unspecified atom stereocenters. The number of carboxylic acids is 1. The maximum atomic E-state index is 13.5. The number of anilines is 1. The Bertz CT molecular complexity index is 549. The van der Waals surface area contributed by atoms with Gasteiger partial charge in [0.05, 0.1) is 5.56 Å². The summed E-state index contributed by atoms with van der Waals surface area (Å²) in [5.41, 5.74) is 0.0487. The van der Waals surface area contributed by atoms with Crippen LogP contribution in [-0.2, 0) is 9.59 Å². The first-order valence-electron chi connectivity index (χ1n) is 5.82. The quantitative estimate of drug-likeness (QED) is 0.587. The molecule has 0 radical (unpaired) electrons. The Hall–Kier alpha value is -1.44. The van der Waals surface area contributed by atoms with E-state index in [1.807, 2.05) is 0 Å². The van der Waals surface area contributed by atoms with Gasteiger partial charge in [0.15, 0.2) is 0 Å². The Morgan fingerprint density at radius 2 is 1.86 bits per heavy atom. The third-order valence-electron chi connectivity index (χ3n) is 2.44. The number of carbonyl (C=O) groups excluding carboxylic acids is 3. The minimum absolute atomic E-state index is 0. The van der Waals surface area contributed by atoms with Crippen LogP contribution in [0.5, 0.6) is 0 Å². The predicted octanol–water partition coefficient (Wildman–Crippen LogP) is -3.00. The van der Waals surface area contributed by atoms with Gasteiger partial charge in [0.25, 0.3) is 5.91 Å². The molecule has 108 valence electrons. The average molecular weight is 304 g/mol. The summed E-state index contributed by atoms with van der Waals surface area (Å²) in [5.74, 6) is -3.11. The molecule has 0 saturated carbocycles. The van der Waals surface area contributed by atoms with Crippen molar-refractivity contribution in [1.29, 1.82) is 0 Å². The molecule has 0 aliphatic heterocycles. The van der Waals surface area contributed by atoms with Gasteiger partial charge in [0.1, 0.15) is 5.82 Å². The molecule has 2 amide bonds. The van der Waals surface area contributed by atoms with E-state index in [-0.39, 0.29) is 47.2 Å². The molecule has 1 aromatic rings. The molecule has 0 bridgehead atoms. The van der Waals surface area contributed by atoms with Crippen molar-refractivity contribution < 1.29 is 53.4 Å². The van der Waals surface area contributed by atoms with Crippen LogP contribution in [0, 0.1) is 5.82 Å². The van der Waals surface area contributed by atoms with Gasteiger partial charge in [-0.15, -0.1) is 0 Å². The minimum atomic E-state index is -1.33. The second kappa shape index (κ2) is 8.76. The molecule has 0 aliphatic carbocycles. The van der Waals surface area contributed by atoms with Crippen molar-refractivity contribution in [3.8, 4) is 0 Å². The Morgan fingerprint density at radius 3 is 2.38 bits per heavy atom. The zero-order valence-corrected chi connectivity index (χ0v) is 14.1. The summed E-state index contributed by atoms with van der Waals surface area (Å²) in [7, 11) is 2.96. The van der Waals surface area contributed by atoms with Gasteiger partial charge in [-0.25, -0.2) is 4.39 Å². The van der Waals surface area contributed by atoms with Crippen LogP contribution in [0.25, 0.3) is 0 Å². The van der Waals surface area contributed by atoms with Crippen LogP contribution in [-0.4, -0.2) is 36.8 Å². The van der Waals surface area contributed by atoms with Gasteiger partial charge in [-0.2, -0.15) is 0 Å². The molecule has 0 fully saturated rings. The third kappa shape index (κ3) is 6.24. The molecular formula is C13H14FN2NaO4. The monoisotopic (exact) mass is 304 g/mol. The van der Waals surface area contributed by atoms with E-state index >= 15 is 0 Å². The van der Waals surface area contributed by atoms with Crippen molar-refractivity contribution in [2.45, 2.75) is 12.8 Å². The molecule has 0 aromatic heterocycles. The van der Waals surface area contributed by atoms with Crippen LogP contribution in [0.15, 0.2) is 18.2 Å². The molecule has 1 rings (SSSR count). The summed E-state index contributed by atoms with van der Waals surface area (Å²) < 4.78 is 13.5. The van der Waals surface area contributed by atoms with E-state index in [9.17, 15) is 23.9 Å². The molecule has 0 heterocycles. The van der Waals surface area contributed by atoms with Crippen LogP contribution in [0.4, 0.5) is 10.1 Å². The SMILES string of the molecule is CN(C)C(=O)c1cc(NC(=O)CCC(=O)[O-])ccc1F.[Na+]. The normalized spacial score (nSPS) is 9.48. The molecule has 21 heavy (non-hydrogen) atoms. The summed E-state index contributed by atoms with van der Waals surface area (Å²) in [4.78, 5) is 34.6. The fraction of sp³-hybridized carbons (Fsp3) is 0.308. The van der Waals surface area contributed by atoms with Crippen LogP contribution >= 0.6 is 0 Å². The van der Waals surface area contributed by atoms with Crippen LogP contribution in [0.1, 0.15) is 23.2 Å². The smallest absolute Gasteiger partial charge is 0.550 e. The average Bonchev–Trinajstić information content (AvgIpc) is 2.37. The van der Waals surface area contributed by atoms with Crippen LogP contribution in [0.3, 0.4) is 0 Å². The van der Waals surface area contributed by atoms with Crippen molar-refractivity contribution in [2.24, 2.45) is 0 Å². The van der Waals surface area contributed by atoms with Gasteiger partial charge in [-0.1, -0.05) is 0 Å². The molecule has 0 saturated heterocycles. The summed E-state index contributed by atoms with van der Waals surface area (Å²) in [6.07, 6.45) is -0.660. The Morgan fingerprint density at radius 1 is 1.24 bits per heavy atom. The fourth-order valence-electron chi connectivity index (χ4n) is 1.45. The topological polar surface area (TPSA) is 89.5 Å². The molecule has 1 aromatic carbocycles. The van der Waals surface area contributed by atoms with Gasteiger partial charge < -0.3 is 20.1 Å². The number of hydrogen-bond donors (Lipinski definition) is 1. The molecule has 6 nitrogen and oxygen atoms in total. The molecule has 1 N–H and O–H groups in total. The zero-order valence-electron chi connectivity index (χ0n) is 12.1. The second-order valence-corrected chi connectivity index (χ2v) is 4.31. The van der Waals surface area contributed by atoms with Crippen molar-refractivity contribution in [3.63, 3.8) is 0 Å². The van der Waals surface area contributed by atoms with Gasteiger partial charge in [0.2, 0.25) is 5.91 Å². The van der Waals surface area contributed by atoms with E-state index in [2.05, 4.69) is 5.32 Å². The zero-order chi connectivity index (χ0) is 15.3. The van der Waals surface area contributed by atoms with Crippen molar-refractivity contribution in [1.82, 2.24) is 4.90 Å². The molecule has 0 atom stereocenters. The van der Waals surface area contributed by atoms with Crippen molar-refractivity contribution >= 4 is 23.5 Å². The second-order valence-electron chi connectivity index (χ2n) is 4.31. The van der Waals surface area contributed by atoms with Crippen LogP contribution < -0.4 is 40.0 Å². The summed E-state index contributed by atoms with van der Waals surface area (Å²) >= 11 is 0. The minimum Gasteiger partial charge on any atom is -0.550 e. The first kappa shape index (κ1) is 19.6. The molecular weight excluding hydrogens is 290 g/mol. The van der Waals surface area contributed by atoms with Crippen molar-refractivity contribution in [2.75, 3.05) is 19.4 Å². The summed E-state index contributed by atoms with van der Waals surface area (Å²) in [6.45, 7) is 0. The van der Waals surface area contributed by atoms with Gasteiger partial charge >= 0.3 is 29.6 Å². The maximum absolute atomic E-state index is 13.5. The van der Waals surface area contributed by atoms with Crippen LogP contribution in [0.2, 0.25) is 0 Å². The Kier molecular flexibility index (Phi) is 8.16. The van der Waals surface area contributed by atoms with Gasteiger partial charge in [0, 0.05) is 32.2 Å². The molecule has 8 heteroatoms.